The summed E-state index contributed by atoms with van der Waals surface area (Å²) in [5, 5.41) is 2.89. The van der Waals surface area contributed by atoms with Crippen molar-refractivity contribution in [1.82, 2.24) is 5.32 Å². The summed E-state index contributed by atoms with van der Waals surface area (Å²) in [5.74, 6) is 1.12. The molecule has 1 amide bonds. The molecule has 0 saturated heterocycles. The minimum absolute atomic E-state index is 0.132. The van der Waals surface area contributed by atoms with Crippen molar-refractivity contribution in [1.29, 1.82) is 0 Å². The smallest absolute Gasteiger partial charge is 0.260 e. The minimum Gasteiger partial charge on any atom is -0.497 e. The van der Waals surface area contributed by atoms with Crippen molar-refractivity contribution in [2.75, 3.05) is 7.11 Å². The first-order valence-corrected chi connectivity index (χ1v) is 6.85. The molecule has 0 aliphatic carbocycles. The van der Waals surface area contributed by atoms with E-state index in [1.165, 1.54) is 0 Å². The lowest BCUT2D eigenvalue weighted by molar-refractivity contribution is -0.127. The monoisotopic (exact) mass is 280 g/mol. The van der Waals surface area contributed by atoms with Crippen LogP contribution in [0, 0.1) is 0 Å². The Kier molecular flexibility index (Phi) is 6.31. The van der Waals surface area contributed by atoms with Gasteiger partial charge >= 0.3 is 0 Å². The molecule has 20 heavy (non-hydrogen) atoms. The molecule has 0 aliphatic rings. The van der Waals surface area contributed by atoms with Crippen molar-refractivity contribution in [2.45, 2.75) is 45.9 Å². The molecule has 1 aromatic carbocycles. The van der Waals surface area contributed by atoms with Crippen LogP contribution in [0.3, 0.4) is 0 Å². The van der Waals surface area contributed by atoms with Crippen molar-refractivity contribution in [3.8, 4) is 11.5 Å². The summed E-state index contributed by atoms with van der Waals surface area (Å²) in [4.78, 5) is 12.0. The van der Waals surface area contributed by atoms with E-state index in [1.807, 2.05) is 26.0 Å². The van der Waals surface area contributed by atoms with Crippen LogP contribution in [0.2, 0.25) is 0 Å². The highest BCUT2D eigenvalue weighted by Gasteiger charge is 2.17. The van der Waals surface area contributed by atoms with Crippen LogP contribution in [-0.2, 0) is 11.3 Å². The van der Waals surface area contributed by atoms with Gasteiger partial charge in [-0.25, -0.2) is 0 Å². The average molecular weight is 280 g/mol. The SMILES string of the molecule is CCC(C)NC(=O)C(C)Oc1cc(OC)ccc1CN. The topological polar surface area (TPSA) is 73.6 Å². The van der Waals surface area contributed by atoms with Crippen molar-refractivity contribution in [3.05, 3.63) is 23.8 Å². The predicted molar refractivity (Wildman–Crippen MR) is 78.9 cm³/mol. The van der Waals surface area contributed by atoms with Gasteiger partial charge in [-0.15, -0.1) is 0 Å². The van der Waals surface area contributed by atoms with Gasteiger partial charge in [-0.1, -0.05) is 13.0 Å². The molecule has 0 fully saturated rings. The molecule has 0 saturated carbocycles. The number of rotatable bonds is 7. The second kappa shape index (κ2) is 7.75. The maximum absolute atomic E-state index is 12.0. The summed E-state index contributed by atoms with van der Waals surface area (Å²) in [5.41, 5.74) is 6.52. The van der Waals surface area contributed by atoms with Crippen molar-refractivity contribution >= 4 is 5.91 Å². The van der Waals surface area contributed by atoms with E-state index in [0.29, 0.717) is 18.0 Å². The number of ether oxygens (including phenoxy) is 2. The molecule has 1 aromatic rings. The molecule has 0 spiro atoms. The van der Waals surface area contributed by atoms with Crippen LogP contribution in [0.15, 0.2) is 18.2 Å². The van der Waals surface area contributed by atoms with Gasteiger partial charge in [0.15, 0.2) is 6.10 Å². The van der Waals surface area contributed by atoms with Crippen molar-refractivity contribution < 1.29 is 14.3 Å². The van der Waals surface area contributed by atoms with Crippen LogP contribution < -0.4 is 20.5 Å². The fourth-order valence-corrected chi connectivity index (χ4v) is 1.65. The third-order valence-corrected chi connectivity index (χ3v) is 3.17. The summed E-state index contributed by atoms with van der Waals surface area (Å²) in [6.07, 6.45) is 0.299. The van der Waals surface area contributed by atoms with E-state index in [9.17, 15) is 4.79 Å². The second-order valence-electron chi connectivity index (χ2n) is 4.76. The minimum atomic E-state index is -0.582. The molecule has 0 aromatic heterocycles. The molecular formula is C15H24N2O3. The number of benzene rings is 1. The zero-order chi connectivity index (χ0) is 15.1. The standard InChI is InChI=1S/C15H24N2O3/c1-5-10(2)17-15(18)11(3)20-14-8-13(19-4)7-6-12(14)9-16/h6-8,10-11H,5,9,16H2,1-4H3,(H,17,18). The van der Waals surface area contributed by atoms with Crippen LogP contribution >= 0.6 is 0 Å². The van der Waals surface area contributed by atoms with E-state index >= 15 is 0 Å². The second-order valence-corrected chi connectivity index (χ2v) is 4.76. The Morgan fingerprint density at radius 2 is 2.10 bits per heavy atom. The highest BCUT2D eigenvalue weighted by atomic mass is 16.5. The molecule has 1 rings (SSSR count). The van der Waals surface area contributed by atoms with Gasteiger partial charge in [0.2, 0.25) is 0 Å². The lowest BCUT2D eigenvalue weighted by Gasteiger charge is -2.19. The van der Waals surface area contributed by atoms with Gasteiger partial charge in [0.1, 0.15) is 11.5 Å². The summed E-state index contributed by atoms with van der Waals surface area (Å²) >= 11 is 0. The number of amides is 1. The fourth-order valence-electron chi connectivity index (χ4n) is 1.65. The molecule has 0 bridgehead atoms. The van der Waals surface area contributed by atoms with E-state index in [2.05, 4.69) is 5.32 Å². The van der Waals surface area contributed by atoms with E-state index in [-0.39, 0.29) is 11.9 Å². The van der Waals surface area contributed by atoms with Crippen LogP contribution in [0.4, 0.5) is 0 Å². The fraction of sp³-hybridized carbons (Fsp3) is 0.533. The lowest BCUT2D eigenvalue weighted by Crippen LogP contribution is -2.41. The molecular weight excluding hydrogens is 256 g/mol. The third-order valence-electron chi connectivity index (χ3n) is 3.17. The maximum atomic E-state index is 12.0. The van der Waals surface area contributed by atoms with Gasteiger partial charge in [-0.05, 0) is 26.3 Å². The van der Waals surface area contributed by atoms with Gasteiger partial charge in [0.05, 0.1) is 7.11 Å². The summed E-state index contributed by atoms with van der Waals surface area (Å²) in [6, 6.07) is 5.54. The van der Waals surface area contributed by atoms with Crippen LogP contribution in [0.25, 0.3) is 0 Å². The average Bonchev–Trinajstić information content (AvgIpc) is 2.46. The van der Waals surface area contributed by atoms with Gasteiger partial charge in [0.25, 0.3) is 5.91 Å². The number of hydrogen-bond donors (Lipinski definition) is 2. The van der Waals surface area contributed by atoms with E-state index in [4.69, 9.17) is 15.2 Å². The third kappa shape index (κ3) is 4.42. The summed E-state index contributed by atoms with van der Waals surface area (Å²) < 4.78 is 10.9. The first-order chi connectivity index (χ1) is 9.51. The molecule has 2 atom stereocenters. The molecule has 0 aliphatic heterocycles. The highest BCUT2D eigenvalue weighted by Crippen LogP contribution is 2.25. The Labute approximate surface area is 120 Å². The molecule has 2 unspecified atom stereocenters. The van der Waals surface area contributed by atoms with Crippen LogP contribution in [0.5, 0.6) is 11.5 Å². The Hall–Kier alpha value is -1.75. The van der Waals surface area contributed by atoms with Gasteiger partial charge in [-0.2, -0.15) is 0 Å². The molecule has 0 radical (unpaired) electrons. The Morgan fingerprint density at radius 1 is 1.40 bits per heavy atom. The van der Waals surface area contributed by atoms with Gasteiger partial charge in [-0.3, -0.25) is 4.79 Å². The van der Waals surface area contributed by atoms with E-state index in [0.717, 1.165) is 12.0 Å². The maximum Gasteiger partial charge on any atom is 0.260 e. The number of carbonyl (C=O) groups is 1. The van der Waals surface area contributed by atoms with Gasteiger partial charge < -0.3 is 20.5 Å². The van der Waals surface area contributed by atoms with Crippen LogP contribution in [-0.4, -0.2) is 25.2 Å². The number of methoxy groups -OCH3 is 1. The lowest BCUT2D eigenvalue weighted by atomic mass is 10.2. The zero-order valence-electron chi connectivity index (χ0n) is 12.6. The first kappa shape index (κ1) is 16.3. The van der Waals surface area contributed by atoms with Gasteiger partial charge in [0, 0.05) is 24.2 Å². The molecule has 3 N–H and O–H groups in total. The summed E-state index contributed by atoms with van der Waals surface area (Å²) in [6.45, 7) is 6.04. The normalized spacial score (nSPS) is 13.4. The van der Waals surface area contributed by atoms with E-state index in [1.54, 1.807) is 20.1 Å². The Bertz CT molecular complexity index is 449. The Balaban J connectivity index is 2.78. The highest BCUT2D eigenvalue weighted by molar-refractivity contribution is 5.81. The van der Waals surface area contributed by atoms with Crippen LogP contribution in [0.1, 0.15) is 32.8 Å². The summed E-state index contributed by atoms with van der Waals surface area (Å²) in [7, 11) is 1.58. The first-order valence-electron chi connectivity index (χ1n) is 6.85. The Morgan fingerprint density at radius 3 is 2.65 bits per heavy atom. The largest absolute Gasteiger partial charge is 0.497 e. The molecule has 5 heteroatoms. The quantitative estimate of drug-likeness (QED) is 0.799. The van der Waals surface area contributed by atoms with E-state index < -0.39 is 6.10 Å². The predicted octanol–water partition coefficient (Wildman–Crippen LogP) is 1.84. The van der Waals surface area contributed by atoms with Crippen molar-refractivity contribution in [2.24, 2.45) is 5.73 Å². The molecule has 5 nitrogen and oxygen atoms in total. The number of nitrogens with one attached hydrogen (secondary N) is 1. The number of nitrogens with two attached hydrogens (primary N) is 1. The molecule has 112 valence electrons. The number of carbonyl (C=O) groups excluding carboxylic acids is 1. The number of hydrogen-bond acceptors (Lipinski definition) is 4. The van der Waals surface area contributed by atoms with Crippen molar-refractivity contribution in [3.63, 3.8) is 0 Å². The zero-order valence-corrected chi connectivity index (χ0v) is 12.6. The molecule has 0 heterocycles.